The summed E-state index contributed by atoms with van der Waals surface area (Å²) in [4.78, 5) is 72.4. The average Bonchev–Trinajstić information content (AvgIpc) is 1.78. The van der Waals surface area contributed by atoms with Gasteiger partial charge < -0.3 is 33.8 Å². The first kappa shape index (κ1) is 90.1. The highest BCUT2D eigenvalue weighted by Gasteiger charge is 2.30. The number of aliphatic hydroxyl groups is 1. The molecule has 0 aromatic rings. The number of esters is 4. The summed E-state index contributed by atoms with van der Waals surface area (Å²) < 4.78 is 68.2. The van der Waals surface area contributed by atoms with Gasteiger partial charge in [-0.05, 0) is 31.6 Å². The van der Waals surface area contributed by atoms with E-state index in [-0.39, 0.29) is 25.7 Å². The lowest BCUT2D eigenvalue weighted by molar-refractivity contribution is -0.161. The Morgan fingerprint density at radius 3 is 0.739 bits per heavy atom. The molecule has 0 aliphatic rings. The first-order valence-electron chi connectivity index (χ1n) is 38.1. The zero-order chi connectivity index (χ0) is 67.7. The van der Waals surface area contributed by atoms with Crippen LogP contribution in [0.25, 0.3) is 0 Å². The largest absolute Gasteiger partial charge is 0.472 e. The lowest BCUT2D eigenvalue weighted by atomic mass is 10.0. The van der Waals surface area contributed by atoms with Crippen molar-refractivity contribution in [3.05, 3.63) is 0 Å². The lowest BCUT2D eigenvalue weighted by Gasteiger charge is -2.21. The summed E-state index contributed by atoms with van der Waals surface area (Å²) in [5.41, 5.74) is 0. The minimum absolute atomic E-state index is 0.105. The third-order valence-electron chi connectivity index (χ3n) is 17.0. The van der Waals surface area contributed by atoms with Crippen molar-refractivity contribution >= 4 is 39.5 Å². The van der Waals surface area contributed by atoms with Gasteiger partial charge in [0.25, 0.3) is 0 Å². The third-order valence-corrected chi connectivity index (χ3v) is 18.9. The summed E-state index contributed by atoms with van der Waals surface area (Å²) in [5.74, 6) is -1.35. The van der Waals surface area contributed by atoms with Crippen molar-refractivity contribution in [2.24, 2.45) is 5.92 Å². The second-order valence-electron chi connectivity index (χ2n) is 26.8. The van der Waals surface area contributed by atoms with Gasteiger partial charge in [0.15, 0.2) is 12.2 Å². The molecular formula is C73H142O17P2. The van der Waals surface area contributed by atoms with E-state index in [9.17, 15) is 43.2 Å². The molecule has 19 heteroatoms. The number of unbranched alkanes of at least 4 members (excludes halogenated alkanes) is 45. The third kappa shape index (κ3) is 66.7. The fraction of sp³-hybridized carbons (Fsp3) is 0.945. The molecule has 0 spiro atoms. The van der Waals surface area contributed by atoms with Crippen LogP contribution in [0.2, 0.25) is 0 Å². The molecule has 0 aromatic heterocycles. The number of aliphatic hydroxyl groups excluding tert-OH is 1. The maximum atomic E-state index is 13.1. The molecule has 3 N–H and O–H groups in total. The molecule has 0 fully saturated rings. The van der Waals surface area contributed by atoms with Gasteiger partial charge in [0, 0.05) is 25.7 Å². The zero-order valence-electron chi connectivity index (χ0n) is 59.7. The number of ether oxygens (including phenoxy) is 4. The lowest BCUT2D eigenvalue weighted by Crippen LogP contribution is -2.30. The van der Waals surface area contributed by atoms with Gasteiger partial charge in [-0.3, -0.25) is 37.3 Å². The number of hydrogen-bond donors (Lipinski definition) is 3. The monoisotopic (exact) mass is 1350 g/mol. The molecule has 0 saturated heterocycles. The quantitative estimate of drug-likeness (QED) is 0.0222. The molecule has 0 aliphatic heterocycles. The number of hydrogen-bond acceptors (Lipinski definition) is 15. The molecule has 0 bridgehead atoms. The van der Waals surface area contributed by atoms with Crippen LogP contribution in [0.1, 0.15) is 381 Å². The van der Waals surface area contributed by atoms with Crippen molar-refractivity contribution in [3.63, 3.8) is 0 Å². The van der Waals surface area contributed by atoms with Crippen molar-refractivity contribution in [1.82, 2.24) is 0 Å². The molecule has 17 nitrogen and oxygen atoms in total. The summed E-state index contributed by atoms with van der Waals surface area (Å²) in [6.07, 6.45) is 54.5. The number of phosphoric acid groups is 2. The highest BCUT2D eigenvalue weighted by atomic mass is 31.2. The molecule has 0 radical (unpaired) electrons. The number of rotatable bonds is 73. The minimum Gasteiger partial charge on any atom is -0.462 e. The van der Waals surface area contributed by atoms with Crippen molar-refractivity contribution < 1.29 is 80.2 Å². The van der Waals surface area contributed by atoms with Crippen LogP contribution in [-0.2, 0) is 65.4 Å². The van der Waals surface area contributed by atoms with Crippen LogP contribution in [0, 0.1) is 5.92 Å². The fourth-order valence-electron chi connectivity index (χ4n) is 11.2. The topological polar surface area (TPSA) is 237 Å². The summed E-state index contributed by atoms with van der Waals surface area (Å²) in [6, 6.07) is 0. The van der Waals surface area contributed by atoms with Gasteiger partial charge in [-0.15, -0.1) is 0 Å². The fourth-order valence-corrected chi connectivity index (χ4v) is 12.8. The minimum atomic E-state index is -4.95. The van der Waals surface area contributed by atoms with E-state index in [1.54, 1.807) is 0 Å². The van der Waals surface area contributed by atoms with E-state index in [1.165, 1.54) is 193 Å². The molecule has 92 heavy (non-hydrogen) atoms. The van der Waals surface area contributed by atoms with Crippen molar-refractivity contribution in [3.8, 4) is 0 Å². The van der Waals surface area contributed by atoms with Gasteiger partial charge in [0.05, 0.1) is 26.4 Å². The van der Waals surface area contributed by atoms with E-state index in [2.05, 4.69) is 34.6 Å². The van der Waals surface area contributed by atoms with E-state index in [1.807, 2.05) is 0 Å². The summed E-state index contributed by atoms with van der Waals surface area (Å²) in [5, 5.41) is 10.6. The Morgan fingerprint density at radius 1 is 0.293 bits per heavy atom. The molecular weight excluding hydrogens is 1210 g/mol. The van der Waals surface area contributed by atoms with Gasteiger partial charge in [0.2, 0.25) is 0 Å². The predicted octanol–water partition coefficient (Wildman–Crippen LogP) is 21.3. The van der Waals surface area contributed by atoms with E-state index < -0.39 is 97.5 Å². The van der Waals surface area contributed by atoms with Crippen LogP contribution in [0.4, 0.5) is 0 Å². The van der Waals surface area contributed by atoms with Gasteiger partial charge >= 0.3 is 39.5 Å². The first-order valence-corrected chi connectivity index (χ1v) is 41.1. The van der Waals surface area contributed by atoms with Gasteiger partial charge in [0.1, 0.15) is 19.3 Å². The molecule has 0 heterocycles. The van der Waals surface area contributed by atoms with Crippen molar-refractivity contribution in [1.29, 1.82) is 0 Å². The van der Waals surface area contributed by atoms with Crippen LogP contribution < -0.4 is 0 Å². The Balaban J connectivity index is 5.12. The van der Waals surface area contributed by atoms with E-state index in [4.69, 9.17) is 37.0 Å². The molecule has 5 atom stereocenters. The van der Waals surface area contributed by atoms with Gasteiger partial charge in [-0.2, -0.15) is 0 Å². The SMILES string of the molecule is CCCCCCCCCCCCCCCCCCCCCCCCC(=O)O[C@H](COC(=O)CCCCCCCCCCCCCC(C)C)COP(=O)(O)OC[C@@H](O)COP(=O)(O)OC[C@@H](COC(=O)CCCCCCCCCC)OC(=O)CCCCCCCCCC. The van der Waals surface area contributed by atoms with Crippen LogP contribution in [0.3, 0.4) is 0 Å². The van der Waals surface area contributed by atoms with Gasteiger partial charge in [-0.25, -0.2) is 9.13 Å². The number of carbonyl (C=O) groups is 4. The second-order valence-corrected chi connectivity index (χ2v) is 29.7. The Morgan fingerprint density at radius 2 is 0.500 bits per heavy atom. The molecule has 0 saturated carbocycles. The summed E-state index contributed by atoms with van der Waals surface area (Å²) in [7, 11) is -9.89. The normalized spacial score (nSPS) is 14.0. The van der Waals surface area contributed by atoms with Crippen molar-refractivity contribution in [2.45, 2.75) is 400 Å². The number of carbonyl (C=O) groups excluding carboxylic acids is 4. The van der Waals surface area contributed by atoms with Gasteiger partial charge in [-0.1, -0.05) is 330 Å². The highest BCUT2D eigenvalue weighted by Crippen LogP contribution is 2.45. The van der Waals surface area contributed by atoms with Crippen LogP contribution in [-0.4, -0.2) is 96.7 Å². The van der Waals surface area contributed by atoms with Crippen LogP contribution in [0.5, 0.6) is 0 Å². The van der Waals surface area contributed by atoms with E-state index in [0.717, 1.165) is 109 Å². The molecule has 2 unspecified atom stereocenters. The smallest absolute Gasteiger partial charge is 0.462 e. The molecule has 0 aliphatic carbocycles. The standard InChI is InChI=1S/C73H142O17P2/c1-6-9-12-15-18-21-22-23-24-25-26-27-28-29-30-31-32-35-39-44-49-54-59-73(78)90-69(63-84-71(76)57-52-47-43-38-36-33-34-37-40-45-50-55-66(4)5)65-88-92(81,82)86-61-67(74)60-85-91(79,80)87-64-68(89-72(77)58-53-48-42-20-17-14-11-8-3)62-83-70(75)56-51-46-41-19-16-13-10-7-2/h66-69,74H,6-65H2,1-5H3,(H,79,80)(H,81,82)/t67-,68+,69+/m0/s1. The Labute approximate surface area is 562 Å². The highest BCUT2D eigenvalue weighted by molar-refractivity contribution is 7.47. The summed E-state index contributed by atoms with van der Waals surface area (Å²) >= 11 is 0. The maximum absolute atomic E-state index is 13.1. The molecule has 546 valence electrons. The van der Waals surface area contributed by atoms with Crippen LogP contribution >= 0.6 is 15.6 Å². The number of phosphoric ester groups is 2. The van der Waals surface area contributed by atoms with E-state index >= 15 is 0 Å². The van der Waals surface area contributed by atoms with Crippen LogP contribution in [0.15, 0.2) is 0 Å². The second kappa shape index (κ2) is 66.3. The van der Waals surface area contributed by atoms with E-state index in [0.29, 0.717) is 25.7 Å². The Hall–Kier alpha value is -1.94. The summed E-state index contributed by atoms with van der Waals surface area (Å²) in [6.45, 7) is 7.21. The molecule has 0 rings (SSSR count). The Bertz CT molecular complexity index is 1770. The van der Waals surface area contributed by atoms with Crippen molar-refractivity contribution in [2.75, 3.05) is 39.6 Å². The molecule has 0 aromatic carbocycles. The zero-order valence-corrected chi connectivity index (χ0v) is 61.5. The first-order chi connectivity index (χ1) is 44.5. The average molecular weight is 1350 g/mol. The maximum Gasteiger partial charge on any atom is 0.472 e. The Kier molecular flexibility index (Phi) is 64.9. The predicted molar refractivity (Wildman–Crippen MR) is 372 cm³/mol. The molecule has 0 amide bonds.